The van der Waals surface area contributed by atoms with Gasteiger partial charge < -0.3 is 20.4 Å². The Labute approximate surface area is 161 Å². The van der Waals surface area contributed by atoms with Crippen LogP contribution >= 0.6 is 0 Å². The van der Waals surface area contributed by atoms with Gasteiger partial charge in [0, 0.05) is 64.8 Å². The van der Waals surface area contributed by atoms with Crippen molar-refractivity contribution < 1.29 is 20.4 Å². The summed E-state index contributed by atoms with van der Waals surface area (Å²) in [6, 6.07) is 3.48. The number of aliphatic hydroxyl groups is 4. The zero-order valence-electron chi connectivity index (χ0n) is 16.2. The van der Waals surface area contributed by atoms with E-state index in [-0.39, 0.29) is 13.2 Å². The van der Waals surface area contributed by atoms with Crippen LogP contribution in [-0.2, 0) is 6.54 Å². The Morgan fingerprint density at radius 3 is 2.26 bits per heavy atom. The topological polar surface area (TPSA) is 104 Å². The van der Waals surface area contributed by atoms with Crippen molar-refractivity contribution in [3.8, 4) is 0 Å². The molecule has 1 aliphatic rings. The molecule has 0 bridgehead atoms. The highest BCUT2D eigenvalue weighted by Crippen LogP contribution is 2.10. The summed E-state index contributed by atoms with van der Waals surface area (Å²) in [7, 11) is 0. The highest BCUT2D eigenvalue weighted by molar-refractivity contribution is 5.08. The lowest BCUT2D eigenvalue weighted by atomic mass is 10.1. The molecule has 154 valence electrons. The van der Waals surface area contributed by atoms with E-state index >= 15 is 0 Å². The van der Waals surface area contributed by atoms with Crippen molar-refractivity contribution in [2.75, 3.05) is 59.0 Å². The third-order valence-corrected chi connectivity index (χ3v) is 5.08. The molecule has 0 saturated carbocycles. The van der Waals surface area contributed by atoms with E-state index in [9.17, 15) is 20.4 Å². The summed E-state index contributed by atoms with van der Waals surface area (Å²) in [6.07, 6.45) is 2.23. The lowest BCUT2D eigenvalue weighted by Crippen LogP contribution is -2.51. The van der Waals surface area contributed by atoms with Crippen LogP contribution in [-0.4, -0.2) is 117 Å². The van der Waals surface area contributed by atoms with E-state index in [1.54, 1.807) is 13.1 Å². The van der Waals surface area contributed by atoms with Crippen LogP contribution in [0.15, 0.2) is 24.5 Å². The van der Waals surface area contributed by atoms with Gasteiger partial charge in [0.25, 0.3) is 0 Å². The third kappa shape index (κ3) is 7.42. The van der Waals surface area contributed by atoms with Crippen molar-refractivity contribution in [1.82, 2.24) is 19.7 Å². The molecule has 0 unspecified atom stereocenters. The Balaban J connectivity index is 2.10. The van der Waals surface area contributed by atoms with Crippen molar-refractivity contribution >= 4 is 0 Å². The zero-order valence-corrected chi connectivity index (χ0v) is 16.2. The van der Waals surface area contributed by atoms with Crippen LogP contribution in [0.4, 0.5) is 0 Å². The van der Waals surface area contributed by atoms with Gasteiger partial charge >= 0.3 is 0 Å². The van der Waals surface area contributed by atoms with Gasteiger partial charge in [0.2, 0.25) is 0 Å². The predicted octanol–water partition coefficient (Wildman–Crippen LogP) is -1.40. The van der Waals surface area contributed by atoms with E-state index < -0.39 is 18.2 Å². The molecule has 0 radical (unpaired) electrons. The molecule has 0 aliphatic carbocycles. The van der Waals surface area contributed by atoms with Crippen molar-refractivity contribution in [3.63, 3.8) is 0 Å². The summed E-state index contributed by atoms with van der Waals surface area (Å²) in [4.78, 5) is 10.8. The molecular formula is C19H34N4O4. The van der Waals surface area contributed by atoms with Gasteiger partial charge in [0.15, 0.2) is 0 Å². The second kappa shape index (κ2) is 11.7. The normalized spacial score (nSPS) is 21.8. The fraction of sp³-hybridized carbons (Fsp3) is 0.737. The summed E-state index contributed by atoms with van der Waals surface area (Å²) < 4.78 is 0. The lowest BCUT2D eigenvalue weighted by molar-refractivity contribution is -0.0169. The molecule has 3 atom stereocenters. The van der Waals surface area contributed by atoms with Gasteiger partial charge in [0.1, 0.15) is 0 Å². The van der Waals surface area contributed by atoms with E-state index in [0.717, 1.165) is 38.3 Å². The molecule has 1 fully saturated rings. The molecule has 1 aromatic heterocycles. The molecule has 4 N–H and O–H groups in total. The van der Waals surface area contributed by atoms with Crippen LogP contribution in [0.3, 0.4) is 0 Å². The van der Waals surface area contributed by atoms with E-state index in [1.165, 1.54) is 0 Å². The maximum absolute atomic E-state index is 10.1. The first-order valence-corrected chi connectivity index (χ1v) is 9.69. The molecule has 1 saturated heterocycles. The SMILES string of the molecule is C[C@H](O)CN1CCN(Cc2cccnc2)CCN([C@H](CO)[C@H](O)CO)CC1. The quantitative estimate of drug-likeness (QED) is 0.435. The van der Waals surface area contributed by atoms with Crippen molar-refractivity contribution in [2.45, 2.75) is 31.7 Å². The maximum Gasteiger partial charge on any atom is 0.0947 e. The van der Waals surface area contributed by atoms with Crippen molar-refractivity contribution in [2.24, 2.45) is 0 Å². The maximum atomic E-state index is 10.1. The first-order chi connectivity index (χ1) is 13.0. The second-order valence-electron chi connectivity index (χ2n) is 7.32. The number of hydrogen-bond acceptors (Lipinski definition) is 8. The summed E-state index contributed by atoms with van der Waals surface area (Å²) >= 11 is 0. The molecule has 0 aromatic carbocycles. The van der Waals surface area contributed by atoms with Crippen LogP contribution in [0.25, 0.3) is 0 Å². The molecule has 2 heterocycles. The van der Waals surface area contributed by atoms with E-state index in [4.69, 9.17) is 0 Å². The summed E-state index contributed by atoms with van der Waals surface area (Å²) in [5, 5.41) is 38.9. The minimum absolute atomic E-state index is 0.208. The second-order valence-corrected chi connectivity index (χ2v) is 7.32. The number of nitrogens with zero attached hydrogens (tertiary/aromatic N) is 4. The Bertz CT molecular complexity index is 520. The fourth-order valence-corrected chi connectivity index (χ4v) is 3.56. The number of pyridine rings is 1. The number of aliphatic hydroxyl groups excluding tert-OH is 4. The minimum atomic E-state index is -0.979. The van der Waals surface area contributed by atoms with Gasteiger partial charge in [-0.1, -0.05) is 6.07 Å². The number of β-amino-alcohol motifs (C(OH)–C–C–N with tert-alkyl or cyclic N) is 1. The van der Waals surface area contributed by atoms with Gasteiger partial charge in [-0.25, -0.2) is 0 Å². The summed E-state index contributed by atoms with van der Waals surface area (Å²) in [5.74, 6) is 0. The highest BCUT2D eigenvalue weighted by atomic mass is 16.3. The van der Waals surface area contributed by atoms with E-state index in [2.05, 4.69) is 20.9 Å². The Hall–Kier alpha value is -1.13. The summed E-state index contributed by atoms with van der Waals surface area (Å²) in [6.45, 7) is 7.13. The van der Waals surface area contributed by atoms with Gasteiger partial charge in [-0.15, -0.1) is 0 Å². The van der Waals surface area contributed by atoms with Crippen molar-refractivity contribution in [1.29, 1.82) is 0 Å². The van der Waals surface area contributed by atoms with Crippen molar-refractivity contribution in [3.05, 3.63) is 30.1 Å². The molecule has 0 amide bonds. The average Bonchev–Trinajstić information content (AvgIpc) is 2.75. The number of aromatic nitrogens is 1. The third-order valence-electron chi connectivity index (χ3n) is 5.08. The molecular weight excluding hydrogens is 348 g/mol. The highest BCUT2D eigenvalue weighted by Gasteiger charge is 2.27. The molecule has 0 spiro atoms. The van der Waals surface area contributed by atoms with Gasteiger partial charge in [-0.3, -0.25) is 19.7 Å². The molecule has 2 rings (SSSR count). The van der Waals surface area contributed by atoms with Gasteiger partial charge in [0.05, 0.1) is 31.5 Å². The monoisotopic (exact) mass is 382 g/mol. The smallest absolute Gasteiger partial charge is 0.0947 e. The lowest BCUT2D eigenvalue weighted by Gasteiger charge is -2.34. The van der Waals surface area contributed by atoms with Crippen LogP contribution in [0.2, 0.25) is 0 Å². The largest absolute Gasteiger partial charge is 0.395 e. The molecule has 1 aliphatic heterocycles. The number of rotatable bonds is 8. The number of hydrogen-bond donors (Lipinski definition) is 4. The first kappa shape index (κ1) is 22.2. The minimum Gasteiger partial charge on any atom is -0.395 e. The van der Waals surface area contributed by atoms with E-state index in [1.807, 2.05) is 17.2 Å². The first-order valence-electron chi connectivity index (χ1n) is 9.69. The van der Waals surface area contributed by atoms with Gasteiger partial charge in [-0.05, 0) is 18.6 Å². The van der Waals surface area contributed by atoms with Crippen LogP contribution in [0.5, 0.6) is 0 Å². The standard InChI is InChI=1S/C19H34N4O4/c1-16(26)12-21-5-6-22(13-17-3-2-4-20-11-17)8-10-23(9-7-21)18(14-24)19(27)15-25/h2-4,11,16,18-19,24-27H,5-10,12-15H2,1H3/t16-,18+,19+/m0/s1. The van der Waals surface area contributed by atoms with Crippen LogP contribution < -0.4 is 0 Å². The molecule has 8 heteroatoms. The Morgan fingerprint density at radius 1 is 1.00 bits per heavy atom. The fourth-order valence-electron chi connectivity index (χ4n) is 3.56. The molecule has 27 heavy (non-hydrogen) atoms. The van der Waals surface area contributed by atoms with Crippen LogP contribution in [0.1, 0.15) is 12.5 Å². The Morgan fingerprint density at radius 2 is 1.67 bits per heavy atom. The average molecular weight is 383 g/mol. The Kier molecular flexibility index (Phi) is 9.57. The molecule has 8 nitrogen and oxygen atoms in total. The molecule has 1 aromatic rings. The zero-order chi connectivity index (χ0) is 19.6. The van der Waals surface area contributed by atoms with E-state index in [0.29, 0.717) is 19.6 Å². The van der Waals surface area contributed by atoms with Crippen LogP contribution in [0, 0.1) is 0 Å². The van der Waals surface area contributed by atoms with Gasteiger partial charge in [-0.2, -0.15) is 0 Å². The summed E-state index contributed by atoms with van der Waals surface area (Å²) in [5.41, 5.74) is 1.14. The predicted molar refractivity (Wildman–Crippen MR) is 103 cm³/mol.